The fourth-order valence-corrected chi connectivity index (χ4v) is 4.06. The van der Waals surface area contributed by atoms with Crippen LogP contribution in [0.2, 0.25) is 0 Å². The highest BCUT2D eigenvalue weighted by Gasteiger charge is 2.37. The molecule has 21 heavy (non-hydrogen) atoms. The van der Waals surface area contributed by atoms with Crippen molar-refractivity contribution in [2.45, 2.75) is 70.3 Å². The molecule has 2 rings (SSSR count). The molecular formula is C17H33N3O. The fourth-order valence-electron chi connectivity index (χ4n) is 4.06. The first-order valence-corrected chi connectivity index (χ1v) is 8.95. The zero-order valence-corrected chi connectivity index (χ0v) is 13.8. The van der Waals surface area contributed by atoms with Gasteiger partial charge in [0, 0.05) is 25.2 Å². The van der Waals surface area contributed by atoms with Crippen LogP contribution in [0.3, 0.4) is 0 Å². The summed E-state index contributed by atoms with van der Waals surface area (Å²) in [6.45, 7) is 6.25. The van der Waals surface area contributed by atoms with Crippen LogP contribution in [-0.4, -0.2) is 54.0 Å². The Morgan fingerprint density at radius 1 is 1.05 bits per heavy atom. The molecule has 1 saturated heterocycles. The molecule has 1 aliphatic carbocycles. The molecule has 2 N–H and O–H groups in total. The number of nitrogens with two attached hydrogens (primary N) is 1. The number of amides is 1. The van der Waals surface area contributed by atoms with Crippen LogP contribution in [0.25, 0.3) is 0 Å². The Balaban J connectivity index is 1.97. The molecule has 1 amide bonds. The average Bonchev–Trinajstić information content (AvgIpc) is 2.82. The lowest BCUT2D eigenvalue weighted by Crippen LogP contribution is -2.57. The van der Waals surface area contributed by atoms with Crippen molar-refractivity contribution in [3.8, 4) is 0 Å². The van der Waals surface area contributed by atoms with E-state index in [0.717, 1.165) is 32.5 Å². The molecule has 0 aromatic carbocycles. The van der Waals surface area contributed by atoms with E-state index in [0.29, 0.717) is 19.0 Å². The zero-order valence-electron chi connectivity index (χ0n) is 13.8. The number of rotatable bonds is 5. The first-order valence-electron chi connectivity index (χ1n) is 8.95. The number of carbonyl (C=O) groups is 1. The van der Waals surface area contributed by atoms with Crippen LogP contribution in [0, 0.1) is 0 Å². The highest BCUT2D eigenvalue weighted by Crippen LogP contribution is 2.32. The minimum absolute atomic E-state index is 0.0779. The van der Waals surface area contributed by atoms with Gasteiger partial charge in [0.15, 0.2) is 0 Å². The van der Waals surface area contributed by atoms with Crippen molar-refractivity contribution >= 4 is 5.91 Å². The van der Waals surface area contributed by atoms with Gasteiger partial charge in [-0.05, 0) is 32.2 Å². The number of likely N-dealkylation sites (tertiary alicyclic amines) is 1. The van der Waals surface area contributed by atoms with E-state index in [-0.39, 0.29) is 5.54 Å². The molecule has 2 aliphatic rings. The lowest BCUT2D eigenvalue weighted by Gasteiger charge is -2.45. The highest BCUT2D eigenvalue weighted by molar-refractivity contribution is 5.78. The van der Waals surface area contributed by atoms with Crippen LogP contribution < -0.4 is 5.73 Å². The van der Waals surface area contributed by atoms with E-state index in [1.54, 1.807) is 0 Å². The average molecular weight is 295 g/mol. The third-order valence-corrected chi connectivity index (χ3v) is 5.50. The van der Waals surface area contributed by atoms with Crippen LogP contribution in [0.5, 0.6) is 0 Å². The Hall–Kier alpha value is -0.610. The minimum atomic E-state index is 0.0779. The number of carbonyl (C=O) groups excluding carboxylic acids is 1. The quantitative estimate of drug-likeness (QED) is 0.847. The molecule has 0 aromatic rings. The van der Waals surface area contributed by atoms with Gasteiger partial charge in [-0.2, -0.15) is 0 Å². The molecule has 4 nitrogen and oxygen atoms in total. The Labute approximate surface area is 130 Å². The summed E-state index contributed by atoms with van der Waals surface area (Å²) in [4.78, 5) is 17.1. The highest BCUT2D eigenvalue weighted by atomic mass is 16.2. The van der Waals surface area contributed by atoms with Gasteiger partial charge in [-0.15, -0.1) is 0 Å². The fraction of sp³-hybridized carbons (Fsp3) is 0.941. The van der Waals surface area contributed by atoms with Gasteiger partial charge in [-0.1, -0.05) is 39.0 Å². The van der Waals surface area contributed by atoms with Gasteiger partial charge in [0.2, 0.25) is 5.91 Å². The maximum Gasteiger partial charge on any atom is 0.236 e. The summed E-state index contributed by atoms with van der Waals surface area (Å²) >= 11 is 0. The van der Waals surface area contributed by atoms with E-state index in [2.05, 4.69) is 16.7 Å². The lowest BCUT2D eigenvalue weighted by atomic mass is 9.80. The molecule has 0 unspecified atom stereocenters. The Bertz CT molecular complexity index is 318. The Kier molecular flexibility index (Phi) is 6.49. The van der Waals surface area contributed by atoms with E-state index >= 15 is 0 Å². The van der Waals surface area contributed by atoms with Crippen molar-refractivity contribution in [1.29, 1.82) is 0 Å². The van der Waals surface area contributed by atoms with Crippen LogP contribution in [-0.2, 0) is 4.79 Å². The Morgan fingerprint density at radius 2 is 1.62 bits per heavy atom. The summed E-state index contributed by atoms with van der Waals surface area (Å²) in [5.41, 5.74) is 6.21. The van der Waals surface area contributed by atoms with Gasteiger partial charge in [-0.3, -0.25) is 9.69 Å². The topological polar surface area (TPSA) is 49.6 Å². The van der Waals surface area contributed by atoms with Crippen LogP contribution in [0.1, 0.15) is 64.7 Å². The van der Waals surface area contributed by atoms with Crippen molar-refractivity contribution in [1.82, 2.24) is 9.80 Å². The summed E-state index contributed by atoms with van der Waals surface area (Å²) in [5.74, 6) is 0.317. The number of nitrogens with zero attached hydrogens (tertiary/aromatic N) is 2. The molecule has 2 fully saturated rings. The third kappa shape index (κ3) is 4.19. The van der Waals surface area contributed by atoms with Crippen molar-refractivity contribution < 1.29 is 4.79 Å². The summed E-state index contributed by atoms with van der Waals surface area (Å²) in [6.07, 6.45) is 11.0. The maximum absolute atomic E-state index is 12.7. The van der Waals surface area contributed by atoms with Crippen LogP contribution in [0.15, 0.2) is 0 Å². The number of hydrogen-bond donors (Lipinski definition) is 1. The summed E-state index contributed by atoms with van der Waals surface area (Å²) in [7, 11) is 0. The largest absolute Gasteiger partial charge is 0.342 e. The van der Waals surface area contributed by atoms with E-state index < -0.39 is 0 Å². The molecule has 0 aromatic heterocycles. The van der Waals surface area contributed by atoms with Gasteiger partial charge >= 0.3 is 0 Å². The molecule has 122 valence electrons. The van der Waals surface area contributed by atoms with Crippen molar-refractivity contribution in [2.75, 3.05) is 32.7 Å². The predicted octanol–water partition coefficient (Wildman–Crippen LogP) is 2.37. The van der Waals surface area contributed by atoms with Crippen LogP contribution >= 0.6 is 0 Å². The first kappa shape index (κ1) is 16.8. The van der Waals surface area contributed by atoms with Gasteiger partial charge in [0.1, 0.15) is 0 Å². The minimum Gasteiger partial charge on any atom is -0.342 e. The second kappa shape index (κ2) is 8.14. The molecule has 0 radical (unpaired) electrons. The monoisotopic (exact) mass is 295 g/mol. The molecule has 1 heterocycles. The Morgan fingerprint density at radius 3 is 2.14 bits per heavy atom. The summed E-state index contributed by atoms with van der Waals surface area (Å²) < 4.78 is 0. The second-order valence-corrected chi connectivity index (χ2v) is 6.80. The molecular weight excluding hydrogens is 262 g/mol. The van der Waals surface area contributed by atoms with E-state index in [4.69, 9.17) is 5.73 Å². The lowest BCUT2D eigenvalue weighted by molar-refractivity contribution is -0.134. The molecule has 0 bridgehead atoms. The second-order valence-electron chi connectivity index (χ2n) is 6.80. The van der Waals surface area contributed by atoms with Gasteiger partial charge < -0.3 is 10.6 Å². The van der Waals surface area contributed by atoms with E-state index in [1.807, 2.05) is 0 Å². The number of likely N-dealkylation sites (N-methyl/N-ethyl adjacent to an activating group) is 1. The summed E-state index contributed by atoms with van der Waals surface area (Å²) in [6, 6.07) is 0. The smallest absolute Gasteiger partial charge is 0.236 e. The SMILES string of the molecule is CCN(CC(=O)N1CCCCCC1)C1(CN)CCCCC1. The van der Waals surface area contributed by atoms with Gasteiger partial charge in [0.25, 0.3) is 0 Å². The van der Waals surface area contributed by atoms with E-state index in [1.165, 1.54) is 44.9 Å². The maximum atomic E-state index is 12.7. The normalized spacial score (nSPS) is 23.1. The first-order chi connectivity index (χ1) is 10.2. The molecule has 0 spiro atoms. The van der Waals surface area contributed by atoms with Crippen LogP contribution in [0.4, 0.5) is 0 Å². The van der Waals surface area contributed by atoms with E-state index in [9.17, 15) is 4.79 Å². The summed E-state index contributed by atoms with van der Waals surface area (Å²) in [5, 5.41) is 0. The third-order valence-electron chi connectivity index (χ3n) is 5.50. The predicted molar refractivity (Wildman–Crippen MR) is 87.2 cm³/mol. The van der Waals surface area contributed by atoms with Crippen molar-refractivity contribution in [3.63, 3.8) is 0 Å². The zero-order chi connectivity index (χ0) is 15.1. The van der Waals surface area contributed by atoms with Crippen molar-refractivity contribution in [3.05, 3.63) is 0 Å². The van der Waals surface area contributed by atoms with Gasteiger partial charge in [0.05, 0.1) is 6.54 Å². The molecule has 0 atom stereocenters. The molecule has 4 heteroatoms. The molecule has 1 saturated carbocycles. The number of hydrogen-bond acceptors (Lipinski definition) is 3. The standard InChI is InChI=1S/C17H33N3O/c1-2-20(17(15-18)10-6-5-7-11-17)14-16(21)19-12-8-3-4-9-13-19/h2-15,18H2,1H3. The molecule has 1 aliphatic heterocycles. The van der Waals surface area contributed by atoms with Gasteiger partial charge in [-0.25, -0.2) is 0 Å². The van der Waals surface area contributed by atoms with Crippen molar-refractivity contribution in [2.24, 2.45) is 5.73 Å².